The third kappa shape index (κ3) is 6.22. The molecule has 0 saturated carbocycles. The molecule has 34 heavy (non-hydrogen) atoms. The monoisotopic (exact) mass is 451 g/mol. The Hall–Kier alpha value is -4.14. The SMILES string of the molecule is O=C(O)c1cc(C#CCCCOCc2ccccc2)c2cccc(OCc3ccccc3)c2n1. The summed E-state index contributed by atoms with van der Waals surface area (Å²) in [5.74, 6) is 5.70. The minimum atomic E-state index is -1.10. The lowest BCUT2D eigenvalue weighted by Crippen LogP contribution is -2.03. The van der Waals surface area contributed by atoms with Crippen LogP contribution >= 0.6 is 0 Å². The Labute approximate surface area is 199 Å². The molecule has 0 aliphatic carbocycles. The molecule has 0 amide bonds. The van der Waals surface area contributed by atoms with Crippen LogP contribution in [0.5, 0.6) is 5.75 Å². The zero-order valence-corrected chi connectivity index (χ0v) is 18.7. The summed E-state index contributed by atoms with van der Waals surface area (Å²) in [4.78, 5) is 16.0. The predicted molar refractivity (Wildman–Crippen MR) is 132 cm³/mol. The molecule has 1 heterocycles. The first-order chi connectivity index (χ1) is 16.7. The molecule has 0 aliphatic rings. The fourth-order valence-corrected chi connectivity index (χ4v) is 3.47. The Morgan fingerprint density at radius 2 is 1.59 bits per heavy atom. The van der Waals surface area contributed by atoms with E-state index in [1.807, 2.05) is 72.8 Å². The number of hydrogen-bond acceptors (Lipinski definition) is 4. The highest BCUT2D eigenvalue weighted by molar-refractivity contribution is 5.95. The predicted octanol–water partition coefficient (Wildman–Crippen LogP) is 5.86. The smallest absolute Gasteiger partial charge is 0.354 e. The van der Waals surface area contributed by atoms with Crippen molar-refractivity contribution in [3.63, 3.8) is 0 Å². The number of rotatable bonds is 9. The van der Waals surface area contributed by atoms with Gasteiger partial charge in [-0.15, -0.1) is 0 Å². The maximum atomic E-state index is 11.7. The lowest BCUT2D eigenvalue weighted by Gasteiger charge is -2.10. The summed E-state index contributed by atoms with van der Waals surface area (Å²) < 4.78 is 11.7. The van der Waals surface area contributed by atoms with Crippen LogP contribution in [-0.4, -0.2) is 22.7 Å². The number of pyridine rings is 1. The topological polar surface area (TPSA) is 68.7 Å². The van der Waals surface area contributed by atoms with Crippen LogP contribution in [0.15, 0.2) is 84.9 Å². The van der Waals surface area contributed by atoms with Crippen LogP contribution < -0.4 is 4.74 Å². The van der Waals surface area contributed by atoms with Crippen molar-refractivity contribution < 1.29 is 19.4 Å². The zero-order valence-electron chi connectivity index (χ0n) is 18.7. The molecule has 0 saturated heterocycles. The van der Waals surface area contributed by atoms with Gasteiger partial charge in [-0.2, -0.15) is 0 Å². The van der Waals surface area contributed by atoms with E-state index < -0.39 is 5.97 Å². The molecule has 0 unspecified atom stereocenters. The number of fused-ring (bicyclic) bond motifs is 1. The number of carboxylic acids is 1. The van der Waals surface area contributed by atoms with Gasteiger partial charge in [0.1, 0.15) is 23.6 Å². The number of unbranched alkanes of at least 4 members (excludes halogenated alkanes) is 1. The van der Waals surface area contributed by atoms with Crippen LogP contribution in [0.2, 0.25) is 0 Å². The van der Waals surface area contributed by atoms with Gasteiger partial charge in [-0.3, -0.25) is 0 Å². The summed E-state index contributed by atoms with van der Waals surface area (Å²) in [5, 5.41) is 10.3. The van der Waals surface area contributed by atoms with Crippen molar-refractivity contribution in [3.05, 3.63) is 107 Å². The van der Waals surface area contributed by atoms with E-state index in [9.17, 15) is 9.90 Å². The van der Waals surface area contributed by atoms with E-state index in [0.717, 1.165) is 22.9 Å². The lowest BCUT2D eigenvalue weighted by atomic mass is 10.1. The normalized spacial score (nSPS) is 10.5. The molecule has 3 aromatic carbocycles. The van der Waals surface area contributed by atoms with Crippen LogP contribution in [0, 0.1) is 11.8 Å². The number of carboxylic acid groups (broad SMARTS) is 1. The molecule has 5 nitrogen and oxygen atoms in total. The molecule has 4 rings (SSSR count). The molecular weight excluding hydrogens is 426 g/mol. The summed E-state index contributed by atoms with van der Waals surface area (Å²) in [6, 6.07) is 26.9. The van der Waals surface area contributed by atoms with Crippen molar-refractivity contribution in [3.8, 4) is 17.6 Å². The number of aromatic nitrogens is 1. The minimum absolute atomic E-state index is 0.0567. The largest absolute Gasteiger partial charge is 0.487 e. The van der Waals surface area contributed by atoms with E-state index in [1.165, 1.54) is 6.07 Å². The third-order valence-corrected chi connectivity index (χ3v) is 5.18. The van der Waals surface area contributed by atoms with Crippen molar-refractivity contribution in [2.45, 2.75) is 26.1 Å². The van der Waals surface area contributed by atoms with Gasteiger partial charge in [0.05, 0.1) is 6.61 Å². The molecule has 0 spiro atoms. The fourth-order valence-electron chi connectivity index (χ4n) is 3.47. The van der Waals surface area contributed by atoms with E-state index in [-0.39, 0.29) is 5.69 Å². The number of ether oxygens (including phenoxy) is 2. The molecule has 1 aromatic heterocycles. The van der Waals surface area contributed by atoms with Gasteiger partial charge in [-0.1, -0.05) is 84.6 Å². The van der Waals surface area contributed by atoms with Gasteiger partial charge in [-0.05, 0) is 29.7 Å². The van der Waals surface area contributed by atoms with Crippen LogP contribution in [0.1, 0.15) is 40.0 Å². The summed E-state index contributed by atoms with van der Waals surface area (Å²) in [6.45, 7) is 1.55. The Balaban J connectivity index is 1.45. The minimum Gasteiger partial charge on any atom is -0.487 e. The van der Waals surface area contributed by atoms with Crippen LogP contribution in [0.4, 0.5) is 0 Å². The molecule has 0 bridgehead atoms. The van der Waals surface area contributed by atoms with Crippen molar-refractivity contribution >= 4 is 16.9 Å². The van der Waals surface area contributed by atoms with Crippen LogP contribution in [0.3, 0.4) is 0 Å². The van der Waals surface area contributed by atoms with Gasteiger partial charge in [-0.25, -0.2) is 9.78 Å². The molecule has 5 heteroatoms. The van der Waals surface area contributed by atoms with Gasteiger partial charge in [0, 0.05) is 24.0 Å². The van der Waals surface area contributed by atoms with Crippen molar-refractivity contribution in [2.24, 2.45) is 0 Å². The summed E-state index contributed by atoms with van der Waals surface area (Å²) in [6.07, 6.45) is 1.44. The first-order valence-corrected chi connectivity index (χ1v) is 11.1. The van der Waals surface area contributed by atoms with Gasteiger partial charge >= 0.3 is 5.97 Å². The number of carbonyl (C=O) groups is 1. The highest BCUT2D eigenvalue weighted by atomic mass is 16.5. The lowest BCUT2D eigenvalue weighted by molar-refractivity contribution is 0.0691. The van der Waals surface area contributed by atoms with E-state index in [0.29, 0.717) is 43.1 Å². The maximum absolute atomic E-state index is 11.7. The fraction of sp³-hybridized carbons (Fsp3) is 0.172. The van der Waals surface area contributed by atoms with E-state index in [4.69, 9.17) is 9.47 Å². The van der Waals surface area contributed by atoms with E-state index in [2.05, 4.69) is 16.8 Å². The maximum Gasteiger partial charge on any atom is 0.354 e. The Morgan fingerprint density at radius 1 is 0.882 bits per heavy atom. The first-order valence-electron chi connectivity index (χ1n) is 11.1. The Bertz CT molecular complexity index is 1310. The Kier molecular flexibility index (Phi) is 7.89. The summed E-state index contributed by atoms with van der Waals surface area (Å²) in [7, 11) is 0. The van der Waals surface area contributed by atoms with Crippen molar-refractivity contribution in [2.75, 3.05) is 6.61 Å². The second kappa shape index (κ2) is 11.6. The number of aromatic carboxylic acids is 1. The van der Waals surface area contributed by atoms with Crippen molar-refractivity contribution in [1.82, 2.24) is 4.98 Å². The van der Waals surface area contributed by atoms with Gasteiger partial charge in [0.15, 0.2) is 0 Å². The number of hydrogen-bond donors (Lipinski definition) is 1. The van der Waals surface area contributed by atoms with E-state index >= 15 is 0 Å². The second-order valence-electron chi connectivity index (χ2n) is 7.73. The molecule has 0 aliphatic heterocycles. The van der Waals surface area contributed by atoms with E-state index in [1.54, 1.807) is 6.07 Å². The highest BCUT2D eigenvalue weighted by Gasteiger charge is 2.13. The average molecular weight is 452 g/mol. The summed E-state index contributed by atoms with van der Waals surface area (Å²) >= 11 is 0. The standard InChI is InChI=1S/C29H25NO4/c31-29(32)26-19-24(15-8-3-9-18-33-20-22-11-4-1-5-12-22)25-16-10-17-27(28(25)30-26)34-21-23-13-6-2-7-14-23/h1-2,4-7,10-14,16-17,19H,3,9,18,20-21H2,(H,31,32). The molecule has 0 fully saturated rings. The first kappa shape index (κ1) is 23.0. The van der Waals surface area contributed by atoms with Crippen LogP contribution in [0.25, 0.3) is 10.9 Å². The third-order valence-electron chi connectivity index (χ3n) is 5.18. The van der Waals surface area contributed by atoms with Crippen LogP contribution in [-0.2, 0) is 18.0 Å². The molecule has 170 valence electrons. The molecule has 0 radical (unpaired) electrons. The number of nitrogens with zero attached hydrogens (tertiary/aromatic N) is 1. The van der Waals surface area contributed by atoms with Gasteiger partial charge < -0.3 is 14.6 Å². The van der Waals surface area contributed by atoms with Crippen molar-refractivity contribution in [1.29, 1.82) is 0 Å². The molecular formula is C29H25NO4. The quantitative estimate of drug-likeness (QED) is 0.255. The average Bonchev–Trinajstić information content (AvgIpc) is 2.87. The Morgan fingerprint density at radius 3 is 2.29 bits per heavy atom. The highest BCUT2D eigenvalue weighted by Crippen LogP contribution is 2.27. The van der Waals surface area contributed by atoms with Gasteiger partial charge in [0.25, 0.3) is 0 Å². The zero-order chi connectivity index (χ0) is 23.6. The summed E-state index contributed by atoms with van der Waals surface area (Å²) in [5.41, 5.74) is 3.22. The number of benzene rings is 3. The second-order valence-corrected chi connectivity index (χ2v) is 7.73. The molecule has 0 atom stereocenters. The molecule has 4 aromatic rings. The van der Waals surface area contributed by atoms with Gasteiger partial charge in [0.2, 0.25) is 0 Å². The number of para-hydroxylation sites is 1. The molecule has 1 N–H and O–H groups in total.